The van der Waals surface area contributed by atoms with E-state index in [4.69, 9.17) is 4.74 Å². The Kier molecular flexibility index (Phi) is 2.89. The highest BCUT2D eigenvalue weighted by Crippen LogP contribution is 2.29. The first kappa shape index (κ1) is 12.6. The Morgan fingerprint density at radius 3 is 2.55 bits per heavy atom. The second-order valence-corrected chi connectivity index (χ2v) is 4.95. The van der Waals surface area contributed by atoms with Gasteiger partial charge in [-0.2, -0.15) is 0 Å². The van der Waals surface area contributed by atoms with Crippen molar-refractivity contribution < 1.29 is 4.74 Å². The van der Waals surface area contributed by atoms with Crippen molar-refractivity contribution in [3.63, 3.8) is 0 Å². The minimum Gasteiger partial charge on any atom is -0.496 e. The predicted octanol–water partition coefficient (Wildman–Crippen LogP) is 3.40. The van der Waals surface area contributed by atoms with E-state index in [1.165, 1.54) is 0 Å². The molecule has 0 atom stereocenters. The molecule has 0 amide bonds. The number of benzene rings is 2. The summed E-state index contributed by atoms with van der Waals surface area (Å²) in [6, 6.07) is 19.9. The van der Waals surface area contributed by atoms with Crippen LogP contribution in [0.5, 0.6) is 5.75 Å². The maximum absolute atomic E-state index is 5.41. The molecule has 0 aliphatic heterocycles. The van der Waals surface area contributed by atoms with Gasteiger partial charge in [0, 0.05) is 6.07 Å². The molecule has 1 N–H and O–H groups in total. The van der Waals surface area contributed by atoms with E-state index in [-0.39, 0.29) is 0 Å². The van der Waals surface area contributed by atoms with Crippen LogP contribution in [0, 0.1) is 0 Å². The van der Waals surface area contributed by atoms with E-state index in [0.29, 0.717) is 0 Å². The van der Waals surface area contributed by atoms with E-state index < -0.39 is 0 Å². The van der Waals surface area contributed by atoms with Crippen molar-refractivity contribution >= 4 is 5.65 Å². The summed E-state index contributed by atoms with van der Waals surface area (Å²) in [6.45, 7) is 0. The largest absolute Gasteiger partial charge is 0.496 e. The molecule has 0 unspecified atom stereocenters. The predicted molar refractivity (Wildman–Crippen MR) is 84.8 cm³/mol. The summed E-state index contributed by atoms with van der Waals surface area (Å²) in [5, 5.41) is 11.9. The number of para-hydroxylation sites is 1. The molecule has 0 aliphatic rings. The molecule has 2 heterocycles. The lowest BCUT2D eigenvalue weighted by molar-refractivity contribution is 0.416. The third-order valence-corrected chi connectivity index (χ3v) is 3.63. The van der Waals surface area contributed by atoms with Crippen LogP contribution in [-0.4, -0.2) is 26.9 Å². The number of hydrogen-bond acceptors (Lipinski definition) is 3. The molecule has 2 aromatic heterocycles. The number of nitrogens with one attached hydrogen (secondary N) is 1. The molecular weight excluding hydrogens is 276 g/mol. The normalized spacial score (nSPS) is 11.0. The molecule has 5 heteroatoms. The Hall–Kier alpha value is -3.08. The van der Waals surface area contributed by atoms with E-state index in [1.807, 2.05) is 53.0 Å². The van der Waals surface area contributed by atoms with Gasteiger partial charge in [0.2, 0.25) is 0 Å². The molecule has 0 aliphatic carbocycles. The lowest BCUT2D eigenvalue weighted by Crippen LogP contribution is -1.94. The molecule has 22 heavy (non-hydrogen) atoms. The maximum Gasteiger partial charge on any atom is 0.187 e. The van der Waals surface area contributed by atoms with Crippen LogP contribution in [0.1, 0.15) is 0 Å². The number of rotatable bonds is 3. The van der Waals surface area contributed by atoms with Crippen molar-refractivity contribution in [2.24, 2.45) is 0 Å². The lowest BCUT2D eigenvalue weighted by atomic mass is 10.2. The fraction of sp³-hybridized carbons (Fsp3) is 0.0588. The highest BCUT2D eigenvalue weighted by atomic mass is 16.5. The number of H-pyrrole nitrogens is 1. The Balaban J connectivity index is 1.88. The van der Waals surface area contributed by atoms with Crippen molar-refractivity contribution in [1.29, 1.82) is 0 Å². The zero-order valence-electron chi connectivity index (χ0n) is 12.0. The fourth-order valence-electron chi connectivity index (χ4n) is 2.55. The van der Waals surface area contributed by atoms with Crippen LogP contribution < -0.4 is 4.74 Å². The van der Waals surface area contributed by atoms with Crippen LogP contribution in [0.15, 0.2) is 60.7 Å². The lowest BCUT2D eigenvalue weighted by Gasteiger charge is -2.05. The summed E-state index contributed by atoms with van der Waals surface area (Å²) in [6.07, 6.45) is 0. The first-order valence-electron chi connectivity index (χ1n) is 7.00. The maximum atomic E-state index is 5.41. The van der Waals surface area contributed by atoms with Gasteiger partial charge in [-0.25, -0.2) is 4.52 Å². The highest BCUT2D eigenvalue weighted by Gasteiger charge is 2.15. The first-order chi connectivity index (χ1) is 10.9. The minimum absolute atomic E-state index is 0.731. The number of methoxy groups -OCH3 is 1. The molecule has 0 saturated heterocycles. The van der Waals surface area contributed by atoms with Gasteiger partial charge in [0.15, 0.2) is 11.5 Å². The van der Waals surface area contributed by atoms with Crippen LogP contribution in [0.25, 0.3) is 28.3 Å². The molecular formula is C17H14N4O. The third kappa shape index (κ3) is 1.95. The number of aromatic nitrogens is 4. The average Bonchev–Trinajstić information content (AvgIpc) is 3.16. The Bertz CT molecular complexity index is 924. The van der Waals surface area contributed by atoms with Crippen molar-refractivity contribution in [2.45, 2.75) is 0 Å². The van der Waals surface area contributed by atoms with Crippen molar-refractivity contribution in [1.82, 2.24) is 19.8 Å². The zero-order valence-corrected chi connectivity index (χ0v) is 12.0. The molecule has 0 saturated carbocycles. The van der Waals surface area contributed by atoms with Crippen LogP contribution in [0.4, 0.5) is 0 Å². The average molecular weight is 290 g/mol. The number of aromatic amines is 1. The quantitative estimate of drug-likeness (QED) is 0.629. The minimum atomic E-state index is 0.731. The monoisotopic (exact) mass is 290 g/mol. The van der Waals surface area contributed by atoms with Gasteiger partial charge in [0.1, 0.15) is 5.75 Å². The smallest absolute Gasteiger partial charge is 0.187 e. The molecule has 0 spiro atoms. The number of ether oxygens (including phenoxy) is 1. The molecule has 0 radical (unpaired) electrons. The van der Waals surface area contributed by atoms with Gasteiger partial charge in [0.05, 0.1) is 18.4 Å². The van der Waals surface area contributed by atoms with E-state index in [9.17, 15) is 0 Å². The van der Waals surface area contributed by atoms with Crippen LogP contribution in [0.2, 0.25) is 0 Å². The van der Waals surface area contributed by atoms with Crippen molar-refractivity contribution in [3.05, 3.63) is 60.7 Å². The van der Waals surface area contributed by atoms with Crippen LogP contribution >= 0.6 is 0 Å². The highest BCUT2D eigenvalue weighted by molar-refractivity contribution is 5.69. The Morgan fingerprint density at radius 1 is 0.955 bits per heavy atom. The van der Waals surface area contributed by atoms with Crippen molar-refractivity contribution in [2.75, 3.05) is 7.11 Å². The molecule has 0 bridgehead atoms. The second-order valence-electron chi connectivity index (χ2n) is 4.95. The van der Waals surface area contributed by atoms with Gasteiger partial charge in [0.25, 0.3) is 0 Å². The number of nitrogens with zero attached hydrogens (tertiary/aromatic N) is 3. The van der Waals surface area contributed by atoms with E-state index in [0.717, 1.165) is 34.0 Å². The summed E-state index contributed by atoms with van der Waals surface area (Å²) >= 11 is 0. The molecule has 108 valence electrons. The summed E-state index contributed by atoms with van der Waals surface area (Å²) in [5.74, 6) is 1.50. The van der Waals surface area contributed by atoms with Crippen LogP contribution in [0.3, 0.4) is 0 Å². The van der Waals surface area contributed by atoms with E-state index in [2.05, 4.69) is 27.4 Å². The summed E-state index contributed by atoms with van der Waals surface area (Å²) < 4.78 is 7.29. The Morgan fingerprint density at radius 2 is 1.73 bits per heavy atom. The van der Waals surface area contributed by atoms with E-state index >= 15 is 0 Å². The van der Waals surface area contributed by atoms with Gasteiger partial charge in [-0.3, -0.25) is 5.10 Å². The zero-order chi connectivity index (χ0) is 14.9. The molecule has 0 fully saturated rings. The van der Waals surface area contributed by atoms with E-state index in [1.54, 1.807) is 7.11 Å². The SMILES string of the molecule is COc1ccccc1-c1nnc2cc(-c3ccccc3)[nH]n12. The number of hydrogen-bond donors (Lipinski definition) is 1. The summed E-state index contributed by atoms with van der Waals surface area (Å²) in [4.78, 5) is 0. The van der Waals surface area contributed by atoms with Gasteiger partial charge in [-0.1, -0.05) is 42.5 Å². The standard InChI is InChI=1S/C17H14N4O/c1-22-15-10-6-5-9-13(15)17-19-18-16-11-14(20-21(16)17)12-7-3-2-4-8-12/h2-11,20H,1H3. The molecule has 5 nitrogen and oxygen atoms in total. The van der Waals surface area contributed by atoms with Gasteiger partial charge in [-0.15, -0.1) is 10.2 Å². The first-order valence-corrected chi connectivity index (χ1v) is 7.00. The molecule has 4 aromatic rings. The van der Waals surface area contributed by atoms with Gasteiger partial charge in [-0.05, 0) is 17.7 Å². The van der Waals surface area contributed by atoms with Gasteiger partial charge < -0.3 is 4.74 Å². The molecule has 4 rings (SSSR count). The Labute approximate surface area is 127 Å². The third-order valence-electron chi connectivity index (χ3n) is 3.63. The van der Waals surface area contributed by atoms with Crippen molar-refractivity contribution in [3.8, 4) is 28.4 Å². The summed E-state index contributed by atoms with van der Waals surface area (Å²) in [5.41, 5.74) is 3.79. The second kappa shape index (κ2) is 5.04. The fourth-order valence-corrected chi connectivity index (χ4v) is 2.55. The van der Waals surface area contributed by atoms with Gasteiger partial charge >= 0.3 is 0 Å². The molecule has 2 aromatic carbocycles. The topological polar surface area (TPSA) is 55.2 Å². The summed E-state index contributed by atoms with van der Waals surface area (Å²) in [7, 11) is 1.65. The van der Waals surface area contributed by atoms with Crippen LogP contribution in [-0.2, 0) is 0 Å². The number of fused-ring (bicyclic) bond motifs is 1.